The Morgan fingerprint density at radius 2 is 2.00 bits per heavy atom. The van der Waals surface area contributed by atoms with Crippen LogP contribution in [0.1, 0.15) is 15.9 Å². The number of nitrogens with zero attached hydrogens (tertiary/aromatic N) is 4. The predicted octanol–water partition coefficient (Wildman–Crippen LogP) is 2.59. The molecule has 0 atom stereocenters. The summed E-state index contributed by atoms with van der Waals surface area (Å²) in [5, 5.41) is 4.24. The van der Waals surface area contributed by atoms with Crippen LogP contribution in [-0.4, -0.2) is 26.0 Å². The Kier molecular flexibility index (Phi) is 3.27. The maximum atomic E-state index is 14.0. The number of aryl methyl sites for hydroxylation is 1. The third-order valence-electron chi connectivity index (χ3n) is 3.00. The Bertz CT molecular complexity index is 799. The van der Waals surface area contributed by atoms with Crippen molar-refractivity contribution in [2.24, 2.45) is 0 Å². The minimum Gasteiger partial charge on any atom is -0.298 e. The summed E-state index contributed by atoms with van der Waals surface area (Å²) in [5.41, 5.74) is 1.73. The Morgan fingerprint density at radius 3 is 2.71 bits per heavy atom. The molecule has 1 aromatic carbocycles. The zero-order chi connectivity index (χ0) is 14.8. The van der Waals surface area contributed by atoms with Crippen molar-refractivity contribution in [3.63, 3.8) is 0 Å². The molecular weight excluding hydrogens is 271 g/mol. The van der Waals surface area contributed by atoms with Gasteiger partial charge in [0.05, 0.1) is 5.56 Å². The monoisotopic (exact) mass is 282 g/mol. The second-order valence-corrected chi connectivity index (χ2v) is 4.53. The summed E-state index contributed by atoms with van der Waals surface area (Å²) < 4.78 is 15.3. The molecule has 0 saturated carbocycles. The second-order valence-electron chi connectivity index (χ2n) is 4.53. The van der Waals surface area contributed by atoms with Crippen LogP contribution >= 0.6 is 0 Å². The largest absolute Gasteiger partial charge is 0.298 e. The Hall–Kier alpha value is -2.89. The molecule has 0 unspecified atom stereocenters. The first-order valence-corrected chi connectivity index (χ1v) is 6.28. The number of benzene rings is 1. The standard InChI is InChI=1S/C15H11FN4O/c1-10-3-4-13(16)12(7-10)14-11(9-21)8-20(19-14)15-17-5-2-6-18-15/h2-9H,1H3. The van der Waals surface area contributed by atoms with Gasteiger partial charge in [-0.1, -0.05) is 11.6 Å². The van der Waals surface area contributed by atoms with E-state index in [0.29, 0.717) is 12.2 Å². The van der Waals surface area contributed by atoms with Crippen LogP contribution in [-0.2, 0) is 0 Å². The topological polar surface area (TPSA) is 60.7 Å². The van der Waals surface area contributed by atoms with Crippen LogP contribution in [0.4, 0.5) is 4.39 Å². The van der Waals surface area contributed by atoms with Crippen LogP contribution in [0.3, 0.4) is 0 Å². The molecule has 6 heteroatoms. The van der Waals surface area contributed by atoms with Crippen molar-refractivity contribution in [2.45, 2.75) is 6.92 Å². The van der Waals surface area contributed by atoms with Crippen molar-refractivity contribution < 1.29 is 9.18 Å². The maximum Gasteiger partial charge on any atom is 0.250 e. The van der Waals surface area contributed by atoms with Gasteiger partial charge in [-0.3, -0.25) is 4.79 Å². The molecule has 0 saturated heterocycles. The molecule has 104 valence electrons. The highest BCUT2D eigenvalue weighted by atomic mass is 19.1. The van der Waals surface area contributed by atoms with Gasteiger partial charge in [0, 0.05) is 24.2 Å². The minimum absolute atomic E-state index is 0.277. The van der Waals surface area contributed by atoms with Crippen molar-refractivity contribution >= 4 is 6.29 Å². The molecular formula is C15H11FN4O. The molecule has 21 heavy (non-hydrogen) atoms. The molecule has 0 N–H and O–H groups in total. The van der Waals surface area contributed by atoms with E-state index < -0.39 is 5.82 Å². The summed E-state index contributed by atoms with van der Waals surface area (Å²) in [6.45, 7) is 1.85. The van der Waals surface area contributed by atoms with E-state index in [-0.39, 0.29) is 16.8 Å². The zero-order valence-corrected chi connectivity index (χ0v) is 11.2. The minimum atomic E-state index is -0.428. The second kappa shape index (κ2) is 5.24. The molecule has 0 bridgehead atoms. The highest BCUT2D eigenvalue weighted by Gasteiger charge is 2.16. The van der Waals surface area contributed by atoms with Gasteiger partial charge < -0.3 is 0 Å². The van der Waals surface area contributed by atoms with Gasteiger partial charge in [-0.05, 0) is 25.1 Å². The molecule has 2 heterocycles. The summed E-state index contributed by atoms with van der Waals surface area (Å²) in [7, 11) is 0. The van der Waals surface area contributed by atoms with Crippen molar-refractivity contribution in [3.05, 3.63) is 59.8 Å². The Morgan fingerprint density at radius 1 is 1.24 bits per heavy atom. The summed E-state index contributed by atoms with van der Waals surface area (Å²) in [6.07, 6.45) is 5.26. The van der Waals surface area contributed by atoms with Gasteiger partial charge in [-0.15, -0.1) is 0 Å². The zero-order valence-electron chi connectivity index (χ0n) is 11.2. The third-order valence-corrected chi connectivity index (χ3v) is 3.00. The van der Waals surface area contributed by atoms with Crippen LogP contribution in [0.5, 0.6) is 0 Å². The number of hydrogen-bond donors (Lipinski definition) is 0. The molecule has 3 rings (SSSR count). The molecule has 0 aliphatic rings. The van der Waals surface area contributed by atoms with E-state index in [0.717, 1.165) is 5.56 Å². The summed E-state index contributed by atoms with van der Waals surface area (Å²) in [6, 6.07) is 6.35. The molecule has 0 fully saturated rings. The number of carbonyl (C=O) groups excluding carboxylic acids is 1. The SMILES string of the molecule is Cc1ccc(F)c(-c2nn(-c3ncccn3)cc2C=O)c1. The quantitative estimate of drug-likeness (QED) is 0.693. The van der Waals surface area contributed by atoms with Gasteiger partial charge in [0.15, 0.2) is 6.29 Å². The van der Waals surface area contributed by atoms with E-state index in [1.165, 1.54) is 16.9 Å². The lowest BCUT2D eigenvalue weighted by Gasteiger charge is -2.02. The first-order chi connectivity index (χ1) is 10.2. The number of aromatic nitrogens is 4. The number of rotatable bonds is 3. The first-order valence-electron chi connectivity index (χ1n) is 6.28. The molecule has 3 aromatic rings. The highest BCUT2D eigenvalue weighted by Crippen LogP contribution is 2.25. The van der Waals surface area contributed by atoms with Crippen molar-refractivity contribution in [1.82, 2.24) is 19.7 Å². The third kappa shape index (κ3) is 2.43. The van der Waals surface area contributed by atoms with E-state index in [2.05, 4.69) is 15.1 Å². The number of carbonyl (C=O) groups is 1. The normalized spacial score (nSPS) is 10.6. The van der Waals surface area contributed by atoms with E-state index in [1.807, 2.05) is 6.92 Å². The fourth-order valence-corrected chi connectivity index (χ4v) is 2.02. The lowest BCUT2D eigenvalue weighted by atomic mass is 10.1. The van der Waals surface area contributed by atoms with Crippen LogP contribution in [0, 0.1) is 12.7 Å². The lowest BCUT2D eigenvalue weighted by molar-refractivity contribution is 0.112. The van der Waals surface area contributed by atoms with Crippen LogP contribution in [0.15, 0.2) is 42.9 Å². The van der Waals surface area contributed by atoms with E-state index in [9.17, 15) is 9.18 Å². The molecule has 0 aliphatic heterocycles. The molecule has 5 nitrogen and oxygen atoms in total. The van der Waals surface area contributed by atoms with Crippen molar-refractivity contribution in [3.8, 4) is 17.2 Å². The number of hydrogen-bond acceptors (Lipinski definition) is 4. The fourth-order valence-electron chi connectivity index (χ4n) is 2.02. The van der Waals surface area contributed by atoms with Gasteiger partial charge in [0.25, 0.3) is 0 Å². The van der Waals surface area contributed by atoms with Crippen molar-refractivity contribution in [2.75, 3.05) is 0 Å². The molecule has 0 aliphatic carbocycles. The van der Waals surface area contributed by atoms with E-state index >= 15 is 0 Å². The van der Waals surface area contributed by atoms with Crippen LogP contribution < -0.4 is 0 Å². The summed E-state index contributed by atoms with van der Waals surface area (Å²) >= 11 is 0. The van der Waals surface area contributed by atoms with Crippen LogP contribution in [0.25, 0.3) is 17.2 Å². The average Bonchev–Trinajstić information content (AvgIpc) is 2.94. The van der Waals surface area contributed by atoms with Crippen LogP contribution in [0.2, 0.25) is 0 Å². The highest BCUT2D eigenvalue weighted by molar-refractivity contribution is 5.85. The van der Waals surface area contributed by atoms with E-state index in [1.54, 1.807) is 30.6 Å². The molecule has 0 radical (unpaired) electrons. The number of halogens is 1. The number of aldehydes is 1. The smallest absolute Gasteiger partial charge is 0.250 e. The van der Waals surface area contributed by atoms with E-state index in [4.69, 9.17) is 0 Å². The molecule has 2 aromatic heterocycles. The predicted molar refractivity (Wildman–Crippen MR) is 74.7 cm³/mol. The maximum absolute atomic E-state index is 14.0. The van der Waals surface area contributed by atoms with Gasteiger partial charge >= 0.3 is 0 Å². The molecule has 0 spiro atoms. The first kappa shape index (κ1) is 13.1. The Balaban J connectivity index is 2.17. The van der Waals surface area contributed by atoms with Crippen molar-refractivity contribution in [1.29, 1.82) is 0 Å². The molecule has 0 amide bonds. The summed E-state index contributed by atoms with van der Waals surface area (Å²) in [4.78, 5) is 19.3. The van der Waals surface area contributed by atoms with Gasteiger partial charge in [0.1, 0.15) is 11.5 Å². The lowest BCUT2D eigenvalue weighted by Crippen LogP contribution is -2.00. The average molecular weight is 282 g/mol. The summed E-state index contributed by atoms with van der Waals surface area (Å²) in [5.74, 6) is -0.108. The Labute approximate surface area is 120 Å². The van der Waals surface area contributed by atoms with Gasteiger partial charge in [-0.2, -0.15) is 5.10 Å². The van der Waals surface area contributed by atoms with Gasteiger partial charge in [0.2, 0.25) is 5.95 Å². The fraction of sp³-hybridized carbons (Fsp3) is 0.0667. The van der Waals surface area contributed by atoms with Gasteiger partial charge in [-0.25, -0.2) is 19.0 Å².